The van der Waals surface area contributed by atoms with Crippen LogP contribution in [0.25, 0.3) is 0 Å². The number of hydrogen-bond donors (Lipinski definition) is 0. The first kappa shape index (κ1) is 9.46. The van der Waals surface area contributed by atoms with Crippen LogP contribution in [-0.2, 0) is 4.79 Å². The Labute approximate surface area is 77.4 Å². The zero-order valence-corrected chi connectivity index (χ0v) is 8.36. The van der Waals surface area contributed by atoms with Crippen molar-refractivity contribution in [2.75, 3.05) is 0 Å². The number of ketones is 1. The second-order valence-electron chi connectivity index (χ2n) is 3.03. The molecule has 0 aromatic carbocycles. The first-order valence-corrected chi connectivity index (χ1v) is 5.14. The monoisotopic (exact) mass is 182 g/mol. The summed E-state index contributed by atoms with van der Waals surface area (Å²) in [6.07, 6.45) is 1.75. The molecule has 0 bridgehead atoms. The van der Waals surface area contributed by atoms with E-state index in [2.05, 4.69) is 18.4 Å². The smallest absolute Gasteiger partial charge is 0.130 e. The minimum absolute atomic E-state index is 0.287. The number of carbonyl (C=O) groups excluding carboxylic acids is 1. The maximum atomic E-state index is 10.9. The van der Waals surface area contributed by atoms with Gasteiger partial charge < -0.3 is 4.79 Å². The van der Waals surface area contributed by atoms with Gasteiger partial charge in [-0.2, -0.15) is 0 Å². The van der Waals surface area contributed by atoms with Crippen LogP contribution < -0.4 is 0 Å². The highest BCUT2D eigenvalue weighted by Gasteiger charge is 2.11. The summed E-state index contributed by atoms with van der Waals surface area (Å²) in [5.74, 6) is 0.734. The molecule has 0 saturated carbocycles. The average Bonchev–Trinajstić information content (AvgIpc) is 2.51. The van der Waals surface area contributed by atoms with Crippen molar-refractivity contribution in [3.05, 3.63) is 22.4 Å². The Morgan fingerprint density at radius 3 is 2.83 bits per heavy atom. The van der Waals surface area contributed by atoms with E-state index in [1.54, 1.807) is 18.3 Å². The molecule has 0 fully saturated rings. The van der Waals surface area contributed by atoms with Gasteiger partial charge in [0.05, 0.1) is 0 Å². The molecule has 1 rings (SSSR count). The van der Waals surface area contributed by atoms with Gasteiger partial charge in [-0.25, -0.2) is 0 Å². The Bertz CT molecular complexity index is 238. The highest BCUT2D eigenvalue weighted by molar-refractivity contribution is 7.10. The van der Waals surface area contributed by atoms with Crippen molar-refractivity contribution >= 4 is 17.1 Å². The van der Waals surface area contributed by atoms with Crippen molar-refractivity contribution in [3.63, 3.8) is 0 Å². The number of carbonyl (C=O) groups is 1. The molecule has 1 atom stereocenters. The summed E-state index contributed by atoms with van der Waals surface area (Å²) in [5.41, 5.74) is 0. The Morgan fingerprint density at radius 1 is 1.67 bits per heavy atom. The highest BCUT2D eigenvalue weighted by Crippen LogP contribution is 2.27. The van der Waals surface area contributed by atoms with Crippen LogP contribution in [0.4, 0.5) is 0 Å². The van der Waals surface area contributed by atoms with E-state index >= 15 is 0 Å². The van der Waals surface area contributed by atoms with Gasteiger partial charge in [-0.15, -0.1) is 11.3 Å². The van der Waals surface area contributed by atoms with Gasteiger partial charge in [0.1, 0.15) is 5.78 Å². The first-order valence-electron chi connectivity index (χ1n) is 4.27. The van der Waals surface area contributed by atoms with Crippen LogP contribution >= 0.6 is 11.3 Å². The van der Waals surface area contributed by atoms with Gasteiger partial charge in [-0.05, 0) is 30.7 Å². The van der Waals surface area contributed by atoms with Crippen LogP contribution in [-0.4, -0.2) is 5.78 Å². The molecule has 0 aliphatic carbocycles. The molecule has 66 valence electrons. The van der Waals surface area contributed by atoms with Crippen LogP contribution in [0.1, 0.15) is 37.5 Å². The minimum Gasteiger partial charge on any atom is -0.300 e. The lowest BCUT2D eigenvalue weighted by Gasteiger charge is -2.09. The lowest BCUT2D eigenvalue weighted by Crippen LogP contribution is -2.01. The van der Waals surface area contributed by atoms with E-state index in [4.69, 9.17) is 0 Å². The largest absolute Gasteiger partial charge is 0.300 e. The van der Waals surface area contributed by atoms with E-state index in [9.17, 15) is 4.79 Å². The third kappa shape index (κ3) is 2.45. The quantitative estimate of drug-likeness (QED) is 0.698. The van der Waals surface area contributed by atoms with Gasteiger partial charge >= 0.3 is 0 Å². The van der Waals surface area contributed by atoms with Gasteiger partial charge in [-0.3, -0.25) is 0 Å². The predicted molar refractivity (Wildman–Crippen MR) is 52.6 cm³/mol. The lowest BCUT2D eigenvalue weighted by atomic mass is 9.99. The van der Waals surface area contributed by atoms with Crippen LogP contribution in [0, 0.1) is 0 Å². The van der Waals surface area contributed by atoms with E-state index in [0.717, 1.165) is 6.42 Å². The van der Waals surface area contributed by atoms with Crippen molar-refractivity contribution < 1.29 is 4.79 Å². The van der Waals surface area contributed by atoms with E-state index in [0.29, 0.717) is 12.3 Å². The van der Waals surface area contributed by atoms with Gasteiger partial charge in [-0.1, -0.05) is 13.0 Å². The van der Waals surface area contributed by atoms with E-state index in [-0.39, 0.29) is 5.78 Å². The van der Waals surface area contributed by atoms with Crippen molar-refractivity contribution in [1.82, 2.24) is 0 Å². The summed E-state index contributed by atoms with van der Waals surface area (Å²) in [4.78, 5) is 12.3. The molecular formula is C10H14OS. The fraction of sp³-hybridized carbons (Fsp3) is 0.500. The minimum atomic E-state index is 0.287. The molecule has 0 amide bonds. The summed E-state index contributed by atoms with van der Waals surface area (Å²) in [6.45, 7) is 3.80. The fourth-order valence-electron chi connectivity index (χ4n) is 1.32. The Hall–Kier alpha value is -0.630. The zero-order valence-electron chi connectivity index (χ0n) is 7.54. The molecule has 1 aromatic rings. The van der Waals surface area contributed by atoms with Gasteiger partial charge in [0.25, 0.3) is 0 Å². The topological polar surface area (TPSA) is 17.1 Å². The second kappa shape index (κ2) is 4.41. The normalized spacial score (nSPS) is 12.8. The van der Waals surface area contributed by atoms with Crippen molar-refractivity contribution in [2.45, 2.75) is 32.6 Å². The number of rotatable bonds is 4. The van der Waals surface area contributed by atoms with Gasteiger partial charge in [0, 0.05) is 11.3 Å². The second-order valence-corrected chi connectivity index (χ2v) is 4.01. The fourth-order valence-corrected chi connectivity index (χ4v) is 2.23. The molecule has 0 N–H and O–H groups in total. The van der Waals surface area contributed by atoms with Gasteiger partial charge in [0.15, 0.2) is 0 Å². The standard InChI is InChI=1S/C10H14OS/c1-3-9(7-8(2)11)10-5-4-6-12-10/h4-6,9H,3,7H2,1-2H3. The third-order valence-corrected chi connectivity index (χ3v) is 3.01. The maximum absolute atomic E-state index is 10.9. The first-order chi connectivity index (χ1) is 5.74. The number of hydrogen-bond acceptors (Lipinski definition) is 2. The third-order valence-electron chi connectivity index (χ3n) is 1.97. The van der Waals surface area contributed by atoms with Crippen molar-refractivity contribution in [3.8, 4) is 0 Å². The Balaban J connectivity index is 2.63. The maximum Gasteiger partial charge on any atom is 0.130 e. The summed E-state index contributed by atoms with van der Waals surface area (Å²) in [7, 11) is 0. The molecule has 0 spiro atoms. The summed E-state index contributed by atoms with van der Waals surface area (Å²) in [6, 6.07) is 4.16. The molecule has 0 saturated heterocycles. The predicted octanol–water partition coefficient (Wildman–Crippen LogP) is 3.22. The molecule has 1 aromatic heterocycles. The molecule has 1 nitrogen and oxygen atoms in total. The van der Waals surface area contributed by atoms with Gasteiger partial charge in [0.2, 0.25) is 0 Å². The number of Topliss-reactive ketones (excluding diaryl/α,β-unsaturated/α-hetero) is 1. The molecule has 12 heavy (non-hydrogen) atoms. The van der Waals surface area contributed by atoms with Crippen LogP contribution in [0.3, 0.4) is 0 Å². The zero-order chi connectivity index (χ0) is 8.97. The highest BCUT2D eigenvalue weighted by atomic mass is 32.1. The van der Waals surface area contributed by atoms with Crippen LogP contribution in [0.5, 0.6) is 0 Å². The molecule has 1 heterocycles. The molecule has 0 aliphatic rings. The molecule has 0 radical (unpaired) electrons. The molecule has 1 unspecified atom stereocenters. The average molecular weight is 182 g/mol. The Kier molecular flexibility index (Phi) is 3.48. The molecular weight excluding hydrogens is 168 g/mol. The summed E-state index contributed by atoms with van der Waals surface area (Å²) < 4.78 is 0. The van der Waals surface area contributed by atoms with E-state index < -0.39 is 0 Å². The number of thiophene rings is 1. The van der Waals surface area contributed by atoms with E-state index in [1.165, 1.54) is 4.88 Å². The van der Waals surface area contributed by atoms with Crippen LogP contribution in [0.15, 0.2) is 17.5 Å². The molecule has 0 aliphatic heterocycles. The lowest BCUT2D eigenvalue weighted by molar-refractivity contribution is -0.117. The SMILES string of the molecule is CCC(CC(C)=O)c1cccs1. The van der Waals surface area contributed by atoms with E-state index in [1.807, 2.05) is 6.07 Å². The summed E-state index contributed by atoms with van der Waals surface area (Å²) >= 11 is 1.75. The Morgan fingerprint density at radius 2 is 2.42 bits per heavy atom. The summed E-state index contributed by atoms with van der Waals surface area (Å²) in [5, 5.41) is 2.07. The van der Waals surface area contributed by atoms with Crippen molar-refractivity contribution in [2.24, 2.45) is 0 Å². The van der Waals surface area contributed by atoms with Crippen LogP contribution in [0.2, 0.25) is 0 Å². The van der Waals surface area contributed by atoms with Crippen molar-refractivity contribution in [1.29, 1.82) is 0 Å². The molecule has 2 heteroatoms.